The normalized spacial score (nSPS) is 14.7. The van der Waals surface area contributed by atoms with Crippen LogP contribution in [0, 0.1) is 11.8 Å². The van der Waals surface area contributed by atoms with Crippen LogP contribution in [0.4, 0.5) is 4.79 Å². The Morgan fingerprint density at radius 3 is 3.00 bits per heavy atom. The lowest BCUT2D eigenvalue weighted by Gasteiger charge is -2.20. The van der Waals surface area contributed by atoms with E-state index in [0.29, 0.717) is 12.6 Å². The van der Waals surface area contributed by atoms with Crippen molar-refractivity contribution >= 4 is 17.4 Å². The van der Waals surface area contributed by atoms with Gasteiger partial charge in [-0.2, -0.15) is 0 Å². The van der Waals surface area contributed by atoms with Gasteiger partial charge in [-0.25, -0.2) is 4.79 Å². The molecule has 1 fully saturated rings. The average Bonchev–Trinajstić information content (AvgIpc) is 3.08. The van der Waals surface area contributed by atoms with Gasteiger partial charge < -0.3 is 15.3 Å². The molecule has 0 atom stereocenters. The Kier molecular flexibility index (Phi) is 5.45. The van der Waals surface area contributed by atoms with Crippen LogP contribution in [0.15, 0.2) is 11.4 Å². The standard InChI is InChI=1S/C15H20N2O2S/c1-17(15(19)16-13-5-2-3-6-13)10-12-9-14(20-11-12)7-4-8-18/h9,11,13,18H,2-3,5-6,8,10H2,1H3,(H,16,19). The summed E-state index contributed by atoms with van der Waals surface area (Å²) in [6.45, 7) is 0.451. The molecule has 1 aromatic heterocycles. The van der Waals surface area contributed by atoms with Crippen LogP contribution < -0.4 is 5.32 Å². The second-order valence-electron chi connectivity index (χ2n) is 5.07. The third-order valence-corrected chi connectivity index (χ3v) is 4.29. The van der Waals surface area contributed by atoms with Crippen LogP contribution in [-0.2, 0) is 6.54 Å². The molecule has 1 heterocycles. The summed E-state index contributed by atoms with van der Waals surface area (Å²) in [5, 5.41) is 13.7. The van der Waals surface area contributed by atoms with Crippen LogP contribution in [0.5, 0.6) is 0 Å². The second kappa shape index (κ2) is 7.32. The maximum Gasteiger partial charge on any atom is 0.317 e. The number of amides is 2. The molecule has 0 aromatic carbocycles. The molecule has 0 aliphatic heterocycles. The monoisotopic (exact) mass is 292 g/mol. The van der Waals surface area contributed by atoms with E-state index in [4.69, 9.17) is 5.11 Å². The molecule has 5 heteroatoms. The minimum absolute atomic E-state index is 0.00825. The minimum atomic E-state index is -0.128. The Labute approximate surface area is 123 Å². The van der Waals surface area contributed by atoms with Gasteiger partial charge in [-0.05, 0) is 29.9 Å². The summed E-state index contributed by atoms with van der Waals surface area (Å²) in [6.07, 6.45) is 4.62. The number of urea groups is 1. The third kappa shape index (κ3) is 4.26. The van der Waals surface area contributed by atoms with Crippen molar-refractivity contribution in [2.45, 2.75) is 38.3 Å². The Morgan fingerprint density at radius 2 is 2.30 bits per heavy atom. The Balaban J connectivity index is 1.85. The van der Waals surface area contributed by atoms with Crippen LogP contribution in [0.1, 0.15) is 36.1 Å². The smallest absolute Gasteiger partial charge is 0.317 e. The summed E-state index contributed by atoms with van der Waals surface area (Å²) in [6, 6.07) is 2.30. The Hall–Kier alpha value is -1.51. The molecule has 2 amide bonds. The topological polar surface area (TPSA) is 52.6 Å². The highest BCUT2D eigenvalue weighted by Crippen LogP contribution is 2.18. The van der Waals surface area contributed by atoms with E-state index in [0.717, 1.165) is 23.3 Å². The fourth-order valence-electron chi connectivity index (χ4n) is 2.35. The van der Waals surface area contributed by atoms with Gasteiger partial charge in [0.2, 0.25) is 0 Å². The van der Waals surface area contributed by atoms with Crippen molar-refractivity contribution < 1.29 is 9.90 Å². The molecule has 0 radical (unpaired) electrons. The molecule has 4 nitrogen and oxygen atoms in total. The summed E-state index contributed by atoms with van der Waals surface area (Å²) in [4.78, 5) is 14.7. The lowest BCUT2D eigenvalue weighted by Crippen LogP contribution is -2.41. The van der Waals surface area contributed by atoms with Crippen molar-refractivity contribution in [2.24, 2.45) is 0 Å². The fourth-order valence-corrected chi connectivity index (χ4v) is 3.12. The fraction of sp³-hybridized carbons (Fsp3) is 0.533. The quantitative estimate of drug-likeness (QED) is 0.839. The van der Waals surface area contributed by atoms with Gasteiger partial charge in [-0.15, -0.1) is 11.3 Å². The van der Waals surface area contributed by atoms with E-state index in [1.165, 1.54) is 24.2 Å². The molecular weight excluding hydrogens is 272 g/mol. The summed E-state index contributed by atoms with van der Waals surface area (Å²) in [5.41, 5.74) is 1.07. The van der Waals surface area contributed by atoms with Crippen molar-refractivity contribution in [2.75, 3.05) is 13.7 Å². The van der Waals surface area contributed by atoms with Crippen LogP contribution in [0.3, 0.4) is 0 Å². The van der Waals surface area contributed by atoms with Gasteiger partial charge in [0, 0.05) is 19.6 Å². The van der Waals surface area contributed by atoms with E-state index in [9.17, 15) is 4.79 Å². The molecule has 0 bridgehead atoms. The Bertz CT molecular complexity index is 509. The van der Waals surface area contributed by atoms with Gasteiger partial charge in [-0.3, -0.25) is 0 Å². The van der Waals surface area contributed by atoms with Crippen LogP contribution in [0.25, 0.3) is 0 Å². The first-order chi connectivity index (χ1) is 9.69. The number of hydrogen-bond acceptors (Lipinski definition) is 3. The number of aliphatic hydroxyl groups excluding tert-OH is 1. The number of hydrogen-bond donors (Lipinski definition) is 2. The van der Waals surface area contributed by atoms with E-state index in [1.807, 2.05) is 11.4 Å². The minimum Gasteiger partial charge on any atom is -0.384 e. The summed E-state index contributed by atoms with van der Waals surface area (Å²) >= 11 is 1.53. The van der Waals surface area contributed by atoms with Gasteiger partial charge in [0.25, 0.3) is 0 Å². The van der Waals surface area contributed by atoms with Crippen LogP contribution in [0.2, 0.25) is 0 Å². The first-order valence-electron chi connectivity index (χ1n) is 6.88. The van der Waals surface area contributed by atoms with E-state index in [-0.39, 0.29) is 12.6 Å². The molecule has 2 rings (SSSR count). The zero-order valence-corrected chi connectivity index (χ0v) is 12.5. The van der Waals surface area contributed by atoms with Crippen LogP contribution >= 0.6 is 11.3 Å². The third-order valence-electron chi connectivity index (χ3n) is 3.39. The predicted octanol–water partition coefficient (Wildman–Crippen LogP) is 2.18. The van der Waals surface area contributed by atoms with E-state index < -0.39 is 0 Å². The molecule has 1 aromatic rings. The maximum absolute atomic E-state index is 12.0. The maximum atomic E-state index is 12.0. The van der Waals surface area contributed by atoms with E-state index >= 15 is 0 Å². The van der Waals surface area contributed by atoms with E-state index in [1.54, 1.807) is 11.9 Å². The summed E-state index contributed by atoms with van der Waals surface area (Å²) in [5.74, 6) is 5.50. The number of carbonyl (C=O) groups excluding carboxylic acids is 1. The number of aliphatic hydroxyl groups is 1. The average molecular weight is 292 g/mol. The molecule has 20 heavy (non-hydrogen) atoms. The SMILES string of the molecule is CN(Cc1csc(C#CCO)c1)C(=O)NC1CCCC1. The highest BCUT2D eigenvalue weighted by Gasteiger charge is 2.19. The van der Waals surface area contributed by atoms with Gasteiger partial charge in [0.15, 0.2) is 0 Å². The lowest BCUT2D eigenvalue weighted by atomic mass is 10.2. The molecule has 0 unspecified atom stereocenters. The van der Waals surface area contributed by atoms with Crippen molar-refractivity contribution in [1.82, 2.24) is 10.2 Å². The molecule has 108 valence electrons. The zero-order valence-electron chi connectivity index (χ0n) is 11.7. The van der Waals surface area contributed by atoms with Crippen LogP contribution in [-0.4, -0.2) is 35.7 Å². The van der Waals surface area contributed by atoms with Crippen molar-refractivity contribution in [1.29, 1.82) is 0 Å². The number of nitrogens with zero attached hydrogens (tertiary/aromatic N) is 1. The van der Waals surface area contributed by atoms with Gasteiger partial charge >= 0.3 is 6.03 Å². The molecule has 1 saturated carbocycles. The lowest BCUT2D eigenvalue weighted by molar-refractivity contribution is 0.203. The van der Waals surface area contributed by atoms with Crippen molar-refractivity contribution in [3.05, 3.63) is 21.9 Å². The second-order valence-corrected chi connectivity index (χ2v) is 5.98. The molecule has 2 N–H and O–H groups in total. The van der Waals surface area contributed by atoms with Gasteiger partial charge in [0.1, 0.15) is 6.61 Å². The molecule has 1 aliphatic carbocycles. The first kappa shape index (κ1) is 14.9. The highest BCUT2D eigenvalue weighted by atomic mass is 32.1. The number of thiophene rings is 1. The number of rotatable bonds is 3. The zero-order chi connectivity index (χ0) is 14.4. The predicted molar refractivity (Wildman–Crippen MR) is 80.5 cm³/mol. The molecular formula is C15H20N2O2S. The Morgan fingerprint density at radius 1 is 1.55 bits per heavy atom. The van der Waals surface area contributed by atoms with Gasteiger partial charge in [-0.1, -0.05) is 24.7 Å². The summed E-state index contributed by atoms with van der Waals surface area (Å²) in [7, 11) is 1.81. The van der Waals surface area contributed by atoms with Crippen molar-refractivity contribution in [3.8, 4) is 11.8 Å². The first-order valence-corrected chi connectivity index (χ1v) is 7.76. The van der Waals surface area contributed by atoms with E-state index in [2.05, 4.69) is 17.2 Å². The highest BCUT2D eigenvalue weighted by molar-refractivity contribution is 7.10. The number of nitrogens with one attached hydrogen (secondary N) is 1. The largest absolute Gasteiger partial charge is 0.384 e. The molecule has 0 spiro atoms. The summed E-state index contributed by atoms with van der Waals surface area (Å²) < 4.78 is 0. The molecule has 1 aliphatic rings. The molecule has 0 saturated heterocycles. The van der Waals surface area contributed by atoms with Crippen molar-refractivity contribution in [3.63, 3.8) is 0 Å². The number of carbonyl (C=O) groups is 1. The van der Waals surface area contributed by atoms with Gasteiger partial charge in [0.05, 0.1) is 4.88 Å².